The van der Waals surface area contributed by atoms with E-state index in [0.717, 1.165) is 38.3 Å². The maximum Gasteiger partial charge on any atom is 0.317 e. The van der Waals surface area contributed by atoms with Gasteiger partial charge in [0, 0.05) is 32.2 Å². The number of nitrogens with one attached hydrogen (secondary N) is 1. The number of likely N-dealkylation sites (tertiary alicyclic amines) is 1. The number of carbonyl (C=O) groups is 2. The summed E-state index contributed by atoms with van der Waals surface area (Å²) in [6.07, 6.45) is 6.17. The molecule has 2 amide bonds. The van der Waals surface area contributed by atoms with E-state index in [2.05, 4.69) is 5.32 Å². The minimum absolute atomic E-state index is 0.0576. The van der Waals surface area contributed by atoms with Crippen LogP contribution in [0, 0.1) is 5.92 Å². The molecule has 2 aliphatic rings. The quantitative estimate of drug-likeness (QED) is 0.670. The summed E-state index contributed by atoms with van der Waals surface area (Å²) in [5.74, 6) is -0.0578. The number of urea groups is 1. The van der Waals surface area contributed by atoms with Crippen molar-refractivity contribution in [1.82, 2.24) is 10.2 Å². The number of nitrogens with zero attached hydrogens (tertiary/aromatic N) is 1. The van der Waals surface area contributed by atoms with Gasteiger partial charge >= 0.3 is 12.0 Å². The number of rotatable bonds is 8. The molecule has 1 unspecified atom stereocenters. The average molecular weight is 298 g/mol. The molecule has 2 N–H and O–H groups in total. The number of carboxylic acid groups (broad SMARTS) is 1. The number of aliphatic carboxylic acids is 1. The van der Waals surface area contributed by atoms with Crippen LogP contribution in [0.15, 0.2) is 0 Å². The lowest BCUT2D eigenvalue weighted by Gasteiger charge is -2.35. The second-order valence-electron chi connectivity index (χ2n) is 6.03. The molecule has 0 radical (unpaired) electrons. The third-order valence-corrected chi connectivity index (χ3v) is 4.15. The summed E-state index contributed by atoms with van der Waals surface area (Å²) >= 11 is 0. The largest absolute Gasteiger partial charge is 0.481 e. The average Bonchev–Trinajstić information content (AvgIpc) is 3.29. The van der Waals surface area contributed by atoms with E-state index >= 15 is 0 Å². The number of hydrogen-bond donors (Lipinski definition) is 2. The maximum atomic E-state index is 12.2. The van der Waals surface area contributed by atoms with Crippen molar-refractivity contribution < 1.29 is 19.4 Å². The van der Waals surface area contributed by atoms with Crippen LogP contribution in [0.2, 0.25) is 0 Å². The molecular formula is C15H26N2O4. The summed E-state index contributed by atoms with van der Waals surface area (Å²) in [6.45, 7) is 2.60. The Hall–Kier alpha value is -1.30. The third-order valence-electron chi connectivity index (χ3n) is 4.15. The molecule has 1 aliphatic heterocycles. The highest BCUT2D eigenvalue weighted by Crippen LogP contribution is 2.28. The molecule has 0 aromatic carbocycles. The standard InChI is InChI=1S/C15H26N2O4/c18-14(19)7-6-13-3-1-2-9-17(13)15(20)16-8-10-21-11-12-4-5-12/h12-13H,1-11H2,(H,16,20)(H,18,19). The van der Waals surface area contributed by atoms with Gasteiger partial charge in [-0.2, -0.15) is 0 Å². The predicted octanol–water partition coefficient (Wildman–Crippen LogP) is 1.84. The smallest absolute Gasteiger partial charge is 0.317 e. The topological polar surface area (TPSA) is 78.9 Å². The van der Waals surface area contributed by atoms with Gasteiger partial charge in [0.25, 0.3) is 0 Å². The van der Waals surface area contributed by atoms with Crippen LogP contribution < -0.4 is 5.32 Å². The van der Waals surface area contributed by atoms with Crippen LogP contribution in [0.4, 0.5) is 4.79 Å². The third kappa shape index (κ3) is 5.91. The lowest BCUT2D eigenvalue weighted by Crippen LogP contribution is -2.49. The monoisotopic (exact) mass is 298 g/mol. The van der Waals surface area contributed by atoms with Crippen molar-refractivity contribution in [3.63, 3.8) is 0 Å². The minimum Gasteiger partial charge on any atom is -0.481 e. The molecule has 1 saturated heterocycles. The van der Waals surface area contributed by atoms with Gasteiger partial charge in [0.2, 0.25) is 0 Å². The van der Waals surface area contributed by atoms with E-state index in [4.69, 9.17) is 9.84 Å². The van der Waals surface area contributed by atoms with Gasteiger partial charge in [0.1, 0.15) is 0 Å². The van der Waals surface area contributed by atoms with Crippen molar-refractivity contribution in [2.24, 2.45) is 5.92 Å². The van der Waals surface area contributed by atoms with E-state index in [1.54, 1.807) is 4.90 Å². The summed E-state index contributed by atoms with van der Waals surface area (Å²) in [6, 6.07) is -0.0256. The van der Waals surface area contributed by atoms with Gasteiger partial charge in [-0.1, -0.05) is 0 Å². The normalized spacial score (nSPS) is 22.1. The molecule has 6 nitrogen and oxygen atoms in total. The maximum absolute atomic E-state index is 12.2. The van der Waals surface area contributed by atoms with Crippen LogP contribution in [-0.4, -0.2) is 54.4 Å². The molecule has 0 bridgehead atoms. The Bertz CT molecular complexity index is 358. The lowest BCUT2D eigenvalue weighted by atomic mass is 9.98. The lowest BCUT2D eigenvalue weighted by molar-refractivity contribution is -0.137. The van der Waals surface area contributed by atoms with E-state index < -0.39 is 5.97 Å². The first-order valence-corrected chi connectivity index (χ1v) is 8.01. The Morgan fingerprint density at radius 3 is 2.76 bits per heavy atom. The Kier molecular flexibility index (Phi) is 6.29. The summed E-state index contributed by atoms with van der Waals surface area (Å²) < 4.78 is 5.49. The molecule has 1 aliphatic carbocycles. The minimum atomic E-state index is -0.797. The highest BCUT2D eigenvalue weighted by Gasteiger charge is 2.26. The first kappa shape index (κ1) is 16.1. The number of ether oxygens (including phenoxy) is 1. The second kappa shape index (κ2) is 8.22. The first-order chi connectivity index (χ1) is 10.2. The molecule has 21 heavy (non-hydrogen) atoms. The summed E-state index contributed by atoms with van der Waals surface area (Å²) in [5, 5.41) is 11.7. The molecule has 6 heteroatoms. The Labute approximate surface area is 125 Å². The van der Waals surface area contributed by atoms with Crippen LogP contribution in [0.3, 0.4) is 0 Å². The van der Waals surface area contributed by atoms with Crippen molar-refractivity contribution in [2.75, 3.05) is 26.3 Å². The fraction of sp³-hybridized carbons (Fsp3) is 0.867. The van der Waals surface area contributed by atoms with Gasteiger partial charge in [0.05, 0.1) is 6.61 Å². The Morgan fingerprint density at radius 1 is 1.24 bits per heavy atom. The SMILES string of the molecule is O=C(O)CCC1CCCCN1C(=O)NCCOCC1CC1. The van der Waals surface area contributed by atoms with Gasteiger partial charge in [-0.3, -0.25) is 4.79 Å². The highest BCUT2D eigenvalue weighted by atomic mass is 16.5. The van der Waals surface area contributed by atoms with Gasteiger partial charge < -0.3 is 20.1 Å². The van der Waals surface area contributed by atoms with E-state index in [0.29, 0.717) is 19.6 Å². The highest BCUT2D eigenvalue weighted by molar-refractivity contribution is 5.74. The fourth-order valence-corrected chi connectivity index (χ4v) is 2.72. The van der Waals surface area contributed by atoms with E-state index in [1.165, 1.54) is 12.8 Å². The molecule has 1 heterocycles. The zero-order valence-electron chi connectivity index (χ0n) is 12.6. The van der Waals surface area contributed by atoms with E-state index in [1.807, 2.05) is 0 Å². The van der Waals surface area contributed by atoms with Crippen molar-refractivity contribution in [3.05, 3.63) is 0 Å². The fourth-order valence-electron chi connectivity index (χ4n) is 2.72. The molecular weight excluding hydrogens is 272 g/mol. The summed E-state index contributed by atoms with van der Waals surface area (Å²) in [4.78, 5) is 24.7. The molecule has 0 aromatic rings. The number of amides is 2. The van der Waals surface area contributed by atoms with Crippen LogP contribution in [-0.2, 0) is 9.53 Å². The van der Waals surface area contributed by atoms with Crippen LogP contribution in [0.25, 0.3) is 0 Å². The number of hydrogen-bond acceptors (Lipinski definition) is 3. The molecule has 2 rings (SSSR count). The first-order valence-electron chi connectivity index (χ1n) is 8.01. The molecule has 2 fully saturated rings. The van der Waals surface area contributed by atoms with Gasteiger partial charge in [0.15, 0.2) is 0 Å². The van der Waals surface area contributed by atoms with Crippen molar-refractivity contribution in [3.8, 4) is 0 Å². The summed E-state index contributed by atoms with van der Waals surface area (Å²) in [7, 11) is 0. The molecule has 1 atom stereocenters. The van der Waals surface area contributed by atoms with Gasteiger partial charge in [-0.25, -0.2) is 4.79 Å². The molecule has 1 saturated carbocycles. The molecule has 0 aromatic heterocycles. The molecule has 0 spiro atoms. The Morgan fingerprint density at radius 2 is 2.05 bits per heavy atom. The zero-order chi connectivity index (χ0) is 15.1. The zero-order valence-corrected chi connectivity index (χ0v) is 12.6. The Balaban J connectivity index is 1.65. The molecule has 120 valence electrons. The summed E-state index contributed by atoms with van der Waals surface area (Å²) in [5.41, 5.74) is 0. The van der Waals surface area contributed by atoms with Gasteiger partial charge in [-0.15, -0.1) is 0 Å². The van der Waals surface area contributed by atoms with Gasteiger partial charge in [-0.05, 0) is 44.4 Å². The number of piperidine rings is 1. The van der Waals surface area contributed by atoms with Crippen LogP contribution in [0.1, 0.15) is 44.9 Å². The van der Waals surface area contributed by atoms with Crippen molar-refractivity contribution >= 4 is 12.0 Å². The van der Waals surface area contributed by atoms with Crippen LogP contribution in [0.5, 0.6) is 0 Å². The van der Waals surface area contributed by atoms with E-state index in [9.17, 15) is 9.59 Å². The van der Waals surface area contributed by atoms with Crippen molar-refractivity contribution in [1.29, 1.82) is 0 Å². The van der Waals surface area contributed by atoms with Crippen molar-refractivity contribution in [2.45, 2.75) is 51.0 Å². The van der Waals surface area contributed by atoms with E-state index in [-0.39, 0.29) is 18.5 Å². The number of carboxylic acids is 1. The number of carbonyl (C=O) groups excluding carboxylic acids is 1. The van der Waals surface area contributed by atoms with Crippen LogP contribution >= 0.6 is 0 Å². The predicted molar refractivity (Wildman–Crippen MR) is 78.2 cm³/mol. The second-order valence-corrected chi connectivity index (χ2v) is 6.03.